The Labute approximate surface area is 241 Å². The lowest BCUT2D eigenvalue weighted by Gasteiger charge is -2.43. The van der Waals surface area contributed by atoms with E-state index in [2.05, 4.69) is 64.3 Å². The lowest BCUT2D eigenvalue weighted by atomic mass is 10.0. The maximum atomic E-state index is 13.1. The van der Waals surface area contributed by atoms with Crippen LogP contribution in [0.25, 0.3) is 0 Å². The monoisotopic (exact) mass is 587 g/mol. The first kappa shape index (κ1) is 29.0. The van der Waals surface area contributed by atoms with Gasteiger partial charge >= 0.3 is 6.61 Å². The van der Waals surface area contributed by atoms with Crippen LogP contribution in [0.1, 0.15) is 32.3 Å². The predicted octanol–water partition coefficient (Wildman–Crippen LogP) is 3.54. The number of anilines is 3. The summed E-state index contributed by atoms with van der Waals surface area (Å²) in [5.41, 5.74) is 0.858. The van der Waals surface area contributed by atoms with E-state index in [1.54, 1.807) is 18.3 Å². The molecule has 2 atom stereocenters. The molecule has 2 N–H and O–H groups in total. The van der Waals surface area contributed by atoms with Gasteiger partial charge in [0.15, 0.2) is 5.82 Å². The molecule has 14 heteroatoms. The van der Waals surface area contributed by atoms with Gasteiger partial charge in [-0.15, -0.1) is 15.3 Å². The third-order valence-electron chi connectivity index (χ3n) is 7.37. The molecule has 41 heavy (non-hydrogen) atoms. The Balaban J connectivity index is 1.16. The van der Waals surface area contributed by atoms with E-state index in [-0.39, 0.29) is 30.2 Å². The van der Waals surface area contributed by atoms with E-state index in [0.29, 0.717) is 22.8 Å². The number of halogens is 2. The number of carbonyl (C=O) groups is 1. The second-order valence-electron chi connectivity index (χ2n) is 10.6. The molecular formula is C27H35F2N9O2S. The highest BCUT2D eigenvalue weighted by Gasteiger charge is 2.30. The molecule has 0 saturated carbocycles. The van der Waals surface area contributed by atoms with Crippen molar-refractivity contribution in [2.24, 2.45) is 0 Å². The Morgan fingerprint density at radius 1 is 1.10 bits per heavy atom. The second kappa shape index (κ2) is 13.4. The van der Waals surface area contributed by atoms with Gasteiger partial charge in [-0.3, -0.25) is 14.6 Å². The molecule has 0 aliphatic carbocycles. The van der Waals surface area contributed by atoms with Gasteiger partial charge < -0.3 is 20.3 Å². The smallest absolute Gasteiger partial charge is 0.387 e. The van der Waals surface area contributed by atoms with E-state index in [1.165, 1.54) is 17.4 Å². The van der Waals surface area contributed by atoms with E-state index in [0.717, 1.165) is 50.5 Å². The minimum Gasteiger partial charge on any atom is -0.435 e. The predicted molar refractivity (Wildman–Crippen MR) is 153 cm³/mol. The van der Waals surface area contributed by atoms with E-state index in [4.69, 9.17) is 0 Å². The number of alkyl halides is 2. The van der Waals surface area contributed by atoms with Crippen molar-refractivity contribution < 1.29 is 18.3 Å². The van der Waals surface area contributed by atoms with E-state index < -0.39 is 6.61 Å². The van der Waals surface area contributed by atoms with E-state index in [1.807, 2.05) is 18.2 Å². The molecular weight excluding hydrogens is 552 g/mol. The SMILES string of the molecule is CC(C)N1CCN(Cc2cccc(OC(F)F)c2)C(CC(=O)Nc2nnc(NC3CCN(c4cccnn4)C3)s2)C1. The van der Waals surface area contributed by atoms with Crippen LogP contribution in [0.15, 0.2) is 42.6 Å². The fraction of sp³-hybridized carbons (Fsp3) is 0.519. The maximum Gasteiger partial charge on any atom is 0.387 e. The number of amides is 1. The van der Waals surface area contributed by atoms with Crippen LogP contribution in [-0.4, -0.2) is 93.6 Å². The molecule has 0 spiro atoms. The number of nitrogens with one attached hydrogen (secondary N) is 2. The Kier molecular flexibility index (Phi) is 9.52. The Morgan fingerprint density at radius 2 is 1.95 bits per heavy atom. The summed E-state index contributed by atoms with van der Waals surface area (Å²) in [6.07, 6.45) is 2.86. The first-order chi connectivity index (χ1) is 19.8. The van der Waals surface area contributed by atoms with Gasteiger partial charge in [0.05, 0.1) is 0 Å². The molecule has 4 heterocycles. The molecule has 11 nitrogen and oxygen atoms in total. The van der Waals surface area contributed by atoms with Gasteiger partial charge in [0.2, 0.25) is 16.2 Å². The molecule has 3 aromatic rings. The molecule has 2 unspecified atom stereocenters. The van der Waals surface area contributed by atoms with Crippen LogP contribution in [0.3, 0.4) is 0 Å². The number of piperazine rings is 1. The van der Waals surface area contributed by atoms with Gasteiger partial charge in [0.1, 0.15) is 5.75 Å². The maximum absolute atomic E-state index is 13.1. The average molecular weight is 588 g/mol. The molecule has 2 aromatic heterocycles. The zero-order valence-corrected chi connectivity index (χ0v) is 23.9. The van der Waals surface area contributed by atoms with Gasteiger partial charge in [-0.05, 0) is 50.1 Å². The summed E-state index contributed by atoms with van der Waals surface area (Å²) in [5, 5.41) is 24.0. The summed E-state index contributed by atoms with van der Waals surface area (Å²) in [6.45, 7) is 5.95. The van der Waals surface area contributed by atoms with Gasteiger partial charge in [0, 0.05) is 70.0 Å². The first-order valence-electron chi connectivity index (χ1n) is 13.8. The quantitative estimate of drug-likeness (QED) is 0.346. The van der Waals surface area contributed by atoms with Crippen LogP contribution in [-0.2, 0) is 11.3 Å². The second-order valence-corrected chi connectivity index (χ2v) is 11.5. The van der Waals surface area contributed by atoms with Crippen LogP contribution in [0, 0.1) is 0 Å². The molecule has 5 rings (SSSR count). The summed E-state index contributed by atoms with van der Waals surface area (Å²) in [4.78, 5) is 19.9. The van der Waals surface area contributed by atoms with E-state index in [9.17, 15) is 13.6 Å². The Hall–Kier alpha value is -3.49. The standard InChI is InChI=1S/C27H35F2N9O2S/c1-18(2)36-11-12-37(15-19-5-3-6-22(13-19)40-25(28)29)21(17-36)14-24(39)32-27-35-34-26(41-27)31-20-8-10-38(16-20)23-7-4-9-30-33-23/h3-7,9,13,18,20-21,25H,8,10-12,14-17H2,1-2H3,(H,31,34)(H,32,35,39). The van der Waals surface area contributed by atoms with Crippen molar-refractivity contribution in [2.45, 2.75) is 58.0 Å². The molecule has 2 aliphatic rings. The highest BCUT2D eigenvalue weighted by molar-refractivity contribution is 7.19. The van der Waals surface area contributed by atoms with Crippen molar-refractivity contribution in [2.75, 3.05) is 48.3 Å². The van der Waals surface area contributed by atoms with Crippen LogP contribution in [0.4, 0.5) is 24.9 Å². The van der Waals surface area contributed by atoms with Crippen molar-refractivity contribution in [3.8, 4) is 5.75 Å². The van der Waals surface area contributed by atoms with Crippen LogP contribution < -0.4 is 20.3 Å². The molecule has 1 aromatic carbocycles. The zero-order chi connectivity index (χ0) is 28.8. The Bertz CT molecular complexity index is 1280. The number of rotatable bonds is 11. The number of ether oxygens (including phenoxy) is 1. The number of nitrogens with zero attached hydrogens (tertiary/aromatic N) is 7. The Morgan fingerprint density at radius 3 is 2.73 bits per heavy atom. The van der Waals surface area contributed by atoms with Crippen molar-refractivity contribution in [1.29, 1.82) is 0 Å². The highest BCUT2D eigenvalue weighted by atomic mass is 32.1. The summed E-state index contributed by atoms with van der Waals surface area (Å²) < 4.78 is 30.0. The normalized spacial score (nSPS) is 20.1. The number of aromatic nitrogens is 4. The molecule has 2 aliphatic heterocycles. The van der Waals surface area contributed by atoms with Crippen LogP contribution in [0.5, 0.6) is 5.75 Å². The number of hydrogen-bond donors (Lipinski definition) is 2. The number of benzene rings is 1. The third-order valence-corrected chi connectivity index (χ3v) is 8.14. The summed E-state index contributed by atoms with van der Waals surface area (Å²) in [5.74, 6) is 0.842. The minimum absolute atomic E-state index is 0.0538. The van der Waals surface area contributed by atoms with Gasteiger partial charge in [-0.1, -0.05) is 23.5 Å². The largest absolute Gasteiger partial charge is 0.435 e. The molecule has 0 radical (unpaired) electrons. The van der Waals surface area contributed by atoms with Gasteiger partial charge in [0.25, 0.3) is 0 Å². The molecule has 0 bridgehead atoms. The van der Waals surface area contributed by atoms with Crippen molar-refractivity contribution in [3.63, 3.8) is 0 Å². The fourth-order valence-electron chi connectivity index (χ4n) is 5.28. The number of carbonyl (C=O) groups excluding carboxylic acids is 1. The lowest BCUT2D eigenvalue weighted by molar-refractivity contribution is -0.118. The minimum atomic E-state index is -2.87. The molecule has 2 saturated heterocycles. The van der Waals surface area contributed by atoms with Gasteiger partial charge in [-0.25, -0.2) is 0 Å². The zero-order valence-electron chi connectivity index (χ0n) is 23.1. The molecule has 1 amide bonds. The van der Waals surface area contributed by atoms with Crippen molar-refractivity contribution >= 4 is 33.3 Å². The summed E-state index contributed by atoms with van der Waals surface area (Å²) in [7, 11) is 0. The summed E-state index contributed by atoms with van der Waals surface area (Å²) >= 11 is 1.31. The average Bonchev–Trinajstić information content (AvgIpc) is 3.59. The fourth-order valence-corrected chi connectivity index (χ4v) is 6.02. The van der Waals surface area contributed by atoms with Crippen LogP contribution >= 0.6 is 11.3 Å². The first-order valence-corrected chi connectivity index (χ1v) is 14.6. The molecule has 2 fully saturated rings. The van der Waals surface area contributed by atoms with Crippen molar-refractivity contribution in [3.05, 3.63) is 48.2 Å². The van der Waals surface area contributed by atoms with E-state index >= 15 is 0 Å². The van der Waals surface area contributed by atoms with Crippen molar-refractivity contribution in [1.82, 2.24) is 30.2 Å². The number of hydrogen-bond acceptors (Lipinski definition) is 11. The molecule has 220 valence electrons. The third kappa shape index (κ3) is 8.05. The van der Waals surface area contributed by atoms with Gasteiger partial charge in [-0.2, -0.15) is 13.9 Å². The highest BCUT2D eigenvalue weighted by Crippen LogP contribution is 2.26. The lowest BCUT2D eigenvalue weighted by Crippen LogP contribution is -2.55. The van der Waals surface area contributed by atoms with Crippen LogP contribution in [0.2, 0.25) is 0 Å². The topological polar surface area (TPSA) is 112 Å². The summed E-state index contributed by atoms with van der Waals surface area (Å²) in [6, 6.07) is 11.0.